The third-order valence-electron chi connectivity index (χ3n) is 4.16. The molecule has 4 rings (SSSR count). The lowest BCUT2D eigenvalue weighted by Gasteiger charge is -2.11. The van der Waals surface area contributed by atoms with Crippen molar-refractivity contribution in [3.05, 3.63) is 70.9 Å². The van der Waals surface area contributed by atoms with Crippen LogP contribution in [0.5, 0.6) is 0 Å². The Kier molecular flexibility index (Phi) is 7.81. The van der Waals surface area contributed by atoms with E-state index in [9.17, 15) is 13.2 Å². The minimum atomic E-state index is -5.08. The van der Waals surface area contributed by atoms with Crippen LogP contribution in [0.2, 0.25) is 5.02 Å². The van der Waals surface area contributed by atoms with Crippen LogP contribution in [-0.2, 0) is 17.0 Å². The lowest BCUT2D eigenvalue weighted by atomic mass is 10.1. The predicted octanol–water partition coefficient (Wildman–Crippen LogP) is 6.04. The third-order valence-corrected chi connectivity index (χ3v) is 5.47. The Morgan fingerprint density at radius 2 is 1.69 bits per heavy atom. The van der Waals surface area contributed by atoms with Crippen LogP contribution in [0.25, 0.3) is 0 Å². The number of aryl methyl sites for hydroxylation is 1. The lowest BCUT2D eigenvalue weighted by Crippen LogP contribution is -2.21. The molecule has 168 valence electrons. The van der Waals surface area contributed by atoms with E-state index in [0.717, 1.165) is 29.3 Å². The summed E-state index contributed by atoms with van der Waals surface area (Å²) in [5.74, 6) is 0.417. The van der Waals surface area contributed by atoms with Gasteiger partial charge in [-0.15, -0.1) is 0 Å². The minimum Gasteiger partial charge on any atom is -0.475 e. The van der Waals surface area contributed by atoms with Gasteiger partial charge in [-0.2, -0.15) is 29.9 Å². The zero-order chi connectivity index (χ0) is 23.1. The van der Waals surface area contributed by atoms with E-state index in [4.69, 9.17) is 21.5 Å². The molecule has 32 heavy (non-hydrogen) atoms. The van der Waals surface area contributed by atoms with Crippen molar-refractivity contribution in [2.45, 2.75) is 18.3 Å². The van der Waals surface area contributed by atoms with Gasteiger partial charge in [-0.25, -0.2) is 9.78 Å². The summed E-state index contributed by atoms with van der Waals surface area (Å²) >= 11 is 8.20. The fourth-order valence-electron chi connectivity index (χ4n) is 2.70. The van der Waals surface area contributed by atoms with Crippen molar-refractivity contribution in [3.63, 3.8) is 0 Å². The van der Waals surface area contributed by atoms with E-state index in [1.165, 1.54) is 11.1 Å². The second-order valence-corrected chi connectivity index (χ2v) is 8.16. The summed E-state index contributed by atoms with van der Waals surface area (Å²) < 4.78 is 31.7. The number of hydrogen-bond acceptors (Lipinski definition) is 6. The van der Waals surface area contributed by atoms with Crippen molar-refractivity contribution < 1.29 is 23.1 Å². The topological polar surface area (TPSA) is 87.1 Å². The largest absolute Gasteiger partial charge is 0.490 e. The first-order chi connectivity index (χ1) is 15.2. The van der Waals surface area contributed by atoms with Crippen LogP contribution in [0, 0.1) is 0 Å². The van der Waals surface area contributed by atoms with Crippen molar-refractivity contribution in [2.24, 2.45) is 0 Å². The van der Waals surface area contributed by atoms with Crippen molar-refractivity contribution in [1.82, 2.24) is 9.97 Å². The van der Waals surface area contributed by atoms with E-state index >= 15 is 0 Å². The Hall–Kier alpha value is -2.98. The Balaban J connectivity index is 0.000000360. The number of carbonyl (C=O) groups is 1. The molecule has 0 fully saturated rings. The number of carboxylic acids is 1. The molecule has 3 aromatic rings. The van der Waals surface area contributed by atoms with Gasteiger partial charge in [0.1, 0.15) is 5.02 Å². The van der Waals surface area contributed by atoms with Crippen LogP contribution in [0.4, 0.5) is 36.3 Å². The zero-order valence-corrected chi connectivity index (χ0v) is 18.1. The van der Waals surface area contributed by atoms with Crippen LogP contribution in [0.15, 0.2) is 54.7 Å². The summed E-state index contributed by atoms with van der Waals surface area (Å²) in [5.41, 5.74) is 4.53. The highest BCUT2D eigenvalue weighted by Crippen LogP contribution is 2.27. The van der Waals surface area contributed by atoms with Gasteiger partial charge < -0.3 is 15.7 Å². The first-order valence-electron chi connectivity index (χ1n) is 9.33. The molecule has 0 spiro atoms. The van der Waals surface area contributed by atoms with E-state index in [2.05, 4.69) is 50.9 Å². The van der Waals surface area contributed by atoms with Crippen LogP contribution in [0.1, 0.15) is 11.1 Å². The molecule has 0 saturated carbocycles. The fourth-order valence-corrected chi connectivity index (χ4v) is 3.78. The molecular weight excluding hydrogens is 465 g/mol. The fraction of sp³-hybridized carbons (Fsp3) is 0.190. The molecule has 2 aromatic carbocycles. The standard InChI is InChI=1S/C19H17ClN4S.C2HF3O2/c20-17-11-21-19-23-16-6-1-3-13(9-16)7-8-25-12-14-4-2-5-15(10-14)22-18(17)24-19;3-2(4,5)1(6)7/h1-6,9-11H,7-8,12H2,(H2,21,22,23,24);(H,6,7). The van der Waals surface area contributed by atoms with Gasteiger partial charge in [0.15, 0.2) is 5.82 Å². The van der Waals surface area contributed by atoms with Gasteiger partial charge in [-0.3, -0.25) is 0 Å². The van der Waals surface area contributed by atoms with Crippen molar-refractivity contribution >= 4 is 52.5 Å². The first-order valence-corrected chi connectivity index (χ1v) is 10.9. The molecule has 1 aliphatic heterocycles. The molecule has 1 aliphatic rings. The Bertz CT molecular complexity index is 1100. The molecule has 6 nitrogen and oxygen atoms in total. The monoisotopic (exact) mass is 482 g/mol. The number of halogens is 4. The normalized spacial score (nSPS) is 13.2. The van der Waals surface area contributed by atoms with E-state index in [-0.39, 0.29) is 0 Å². The number of benzene rings is 2. The average molecular weight is 483 g/mol. The predicted molar refractivity (Wildman–Crippen MR) is 120 cm³/mol. The summed E-state index contributed by atoms with van der Waals surface area (Å²) in [7, 11) is 0. The number of aliphatic carboxylic acids is 1. The summed E-state index contributed by atoms with van der Waals surface area (Å²) in [6, 6.07) is 16.7. The van der Waals surface area contributed by atoms with Crippen molar-refractivity contribution in [3.8, 4) is 0 Å². The number of rotatable bonds is 0. The summed E-state index contributed by atoms with van der Waals surface area (Å²) in [6.07, 6.45) is -2.44. The number of hydrogen-bond donors (Lipinski definition) is 3. The highest BCUT2D eigenvalue weighted by molar-refractivity contribution is 7.98. The Labute approximate surface area is 191 Å². The average Bonchev–Trinajstić information content (AvgIpc) is 2.74. The van der Waals surface area contributed by atoms with E-state index in [1.54, 1.807) is 6.20 Å². The molecule has 0 saturated heterocycles. The van der Waals surface area contributed by atoms with Crippen LogP contribution in [0.3, 0.4) is 0 Å². The maximum absolute atomic E-state index is 10.6. The van der Waals surface area contributed by atoms with Gasteiger partial charge in [-0.05, 0) is 47.6 Å². The minimum absolute atomic E-state index is 0.489. The van der Waals surface area contributed by atoms with Crippen molar-refractivity contribution in [2.75, 3.05) is 16.4 Å². The quantitative estimate of drug-likeness (QED) is 0.360. The number of aromatic nitrogens is 2. The molecule has 1 aromatic heterocycles. The molecule has 0 unspecified atom stereocenters. The molecule has 2 heterocycles. The molecular formula is C21H18ClF3N4O2S. The van der Waals surface area contributed by atoms with Gasteiger partial charge in [0.2, 0.25) is 5.95 Å². The molecule has 11 heteroatoms. The van der Waals surface area contributed by atoms with E-state index < -0.39 is 12.1 Å². The highest BCUT2D eigenvalue weighted by Gasteiger charge is 2.38. The van der Waals surface area contributed by atoms with Crippen LogP contribution in [-0.4, -0.2) is 33.0 Å². The van der Waals surface area contributed by atoms with Crippen LogP contribution < -0.4 is 10.6 Å². The zero-order valence-electron chi connectivity index (χ0n) is 16.5. The SMILES string of the molecule is Clc1cnc2nc1Nc1cccc(c1)CSCCc1cccc(c1)N2.O=C(O)C(F)(F)F. The number of nitrogens with one attached hydrogen (secondary N) is 2. The Morgan fingerprint density at radius 1 is 1.06 bits per heavy atom. The van der Waals surface area contributed by atoms with E-state index in [1.807, 2.05) is 30.0 Å². The van der Waals surface area contributed by atoms with Gasteiger partial charge >= 0.3 is 12.1 Å². The van der Waals surface area contributed by atoms with Gasteiger partial charge in [0.25, 0.3) is 0 Å². The molecule has 0 aliphatic carbocycles. The maximum atomic E-state index is 10.6. The van der Waals surface area contributed by atoms with Gasteiger partial charge in [0.05, 0.1) is 6.20 Å². The molecule has 0 radical (unpaired) electrons. The molecule has 6 bridgehead atoms. The molecule has 3 N–H and O–H groups in total. The number of fused-ring (bicyclic) bond motifs is 6. The molecule has 0 atom stereocenters. The third kappa shape index (κ3) is 7.03. The van der Waals surface area contributed by atoms with E-state index in [0.29, 0.717) is 16.8 Å². The second-order valence-electron chi connectivity index (χ2n) is 6.65. The number of anilines is 4. The van der Waals surface area contributed by atoms with Crippen molar-refractivity contribution in [1.29, 1.82) is 0 Å². The molecule has 0 amide bonds. The smallest absolute Gasteiger partial charge is 0.475 e. The van der Waals surface area contributed by atoms with Gasteiger partial charge in [0, 0.05) is 17.1 Å². The number of carboxylic acid groups (broad SMARTS) is 1. The number of alkyl halides is 3. The maximum Gasteiger partial charge on any atom is 0.490 e. The first kappa shape index (κ1) is 23.7. The summed E-state index contributed by atoms with van der Waals surface area (Å²) in [5, 5.41) is 14.2. The van der Waals surface area contributed by atoms with Gasteiger partial charge in [-0.1, -0.05) is 35.9 Å². The lowest BCUT2D eigenvalue weighted by molar-refractivity contribution is -0.192. The number of thioether (sulfide) groups is 1. The second kappa shape index (κ2) is 10.6. The summed E-state index contributed by atoms with van der Waals surface area (Å²) in [4.78, 5) is 17.7. The highest BCUT2D eigenvalue weighted by atomic mass is 35.5. The van der Waals surface area contributed by atoms with Crippen LogP contribution >= 0.6 is 23.4 Å². The number of nitrogens with zero attached hydrogens (tertiary/aromatic N) is 2. The Morgan fingerprint density at radius 3 is 2.38 bits per heavy atom. The summed E-state index contributed by atoms with van der Waals surface area (Å²) in [6.45, 7) is 0.